The number of ether oxygens (including phenoxy) is 2. The summed E-state index contributed by atoms with van der Waals surface area (Å²) in [5.74, 6) is 0.209. The van der Waals surface area contributed by atoms with E-state index in [-0.39, 0.29) is 5.75 Å². The topological polar surface area (TPSA) is 59.8 Å². The molecule has 0 radical (unpaired) electrons. The van der Waals surface area contributed by atoms with Crippen LogP contribution in [0.25, 0.3) is 5.69 Å². The molecule has 0 aliphatic heterocycles. The Morgan fingerprint density at radius 2 is 1.79 bits per heavy atom. The molecular formula is C26H34FN3O3. The second-order valence-electron chi connectivity index (χ2n) is 7.91. The van der Waals surface area contributed by atoms with E-state index in [1.807, 2.05) is 44.2 Å². The number of benzene rings is 2. The highest BCUT2D eigenvalue weighted by molar-refractivity contribution is 5.44. The molecule has 0 spiro atoms. The van der Waals surface area contributed by atoms with Gasteiger partial charge in [0.1, 0.15) is 0 Å². The molecule has 0 amide bonds. The Morgan fingerprint density at radius 3 is 2.45 bits per heavy atom. The molecule has 1 atom stereocenters. The Labute approximate surface area is 195 Å². The molecule has 3 aromatic rings. The van der Waals surface area contributed by atoms with E-state index < -0.39 is 11.9 Å². The van der Waals surface area contributed by atoms with E-state index in [1.165, 1.54) is 6.07 Å². The van der Waals surface area contributed by atoms with Gasteiger partial charge in [-0.2, -0.15) is 5.10 Å². The molecule has 7 heteroatoms. The molecule has 1 N–H and O–H groups in total. The molecule has 0 bridgehead atoms. The van der Waals surface area contributed by atoms with E-state index in [0.29, 0.717) is 38.6 Å². The normalized spacial score (nSPS) is 12.3. The molecule has 6 nitrogen and oxygen atoms in total. The van der Waals surface area contributed by atoms with Gasteiger partial charge in [-0.25, -0.2) is 9.07 Å². The second kappa shape index (κ2) is 12.5. The summed E-state index contributed by atoms with van der Waals surface area (Å²) in [6, 6.07) is 16.1. The molecule has 0 aliphatic carbocycles. The number of halogens is 1. The van der Waals surface area contributed by atoms with E-state index in [0.717, 1.165) is 29.9 Å². The van der Waals surface area contributed by atoms with Gasteiger partial charge in [0, 0.05) is 19.7 Å². The lowest BCUT2D eigenvalue weighted by atomic mass is 10.1. The predicted molar refractivity (Wildman–Crippen MR) is 127 cm³/mol. The molecule has 33 heavy (non-hydrogen) atoms. The number of rotatable bonds is 13. The largest absolute Gasteiger partial charge is 0.435 e. The second-order valence-corrected chi connectivity index (χ2v) is 7.91. The van der Waals surface area contributed by atoms with E-state index >= 15 is 0 Å². The summed E-state index contributed by atoms with van der Waals surface area (Å²) >= 11 is 0. The van der Waals surface area contributed by atoms with Gasteiger partial charge >= 0.3 is 0 Å². The zero-order valence-corrected chi connectivity index (χ0v) is 19.7. The quantitative estimate of drug-likeness (QED) is 0.394. The number of para-hydroxylation sites is 2. The first kappa shape index (κ1) is 24.9. The molecule has 0 unspecified atom stereocenters. The Morgan fingerprint density at radius 1 is 1.06 bits per heavy atom. The number of aliphatic hydroxyl groups is 1. The van der Waals surface area contributed by atoms with Crippen LogP contribution in [0, 0.1) is 5.82 Å². The van der Waals surface area contributed by atoms with Crippen LogP contribution in [0.2, 0.25) is 0 Å². The fraction of sp³-hybridized carbons (Fsp3) is 0.423. The fourth-order valence-electron chi connectivity index (χ4n) is 3.78. The highest BCUT2D eigenvalue weighted by Gasteiger charge is 2.24. The lowest BCUT2D eigenvalue weighted by Gasteiger charge is -2.25. The summed E-state index contributed by atoms with van der Waals surface area (Å²) in [4.78, 5) is 2.17. The summed E-state index contributed by atoms with van der Waals surface area (Å²) in [6.07, 6.45) is 1.03. The van der Waals surface area contributed by atoms with Crippen molar-refractivity contribution in [2.24, 2.45) is 0 Å². The Balaban J connectivity index is 2.01. The van der Waals surface area contributed by atoms with Gasteiger partial charge in [-0.05, 0) is 50.6 Å². The first-order chi connectivity index (χ1) is 16.1. The fourth-order valence-corrected chi connectivity index (χ4v) is 3.78. The van der Waals surface area contributed by atoms with Crippen molar-refractivity contribution in [3.05, 3.63) is 71.7 Å². The lowest BCUT2D eigenvalue weighted by molar-refractivity contribution is 0.0194. The first-order valence-electron chi connectivity index (χ1n) is 11.6. The van der Waals surface area contributed by atoms with Gasteiger partial charge in [-0.3, -0.25) is 4.90 Å². The van der Waals surface area contributed by atoms with Crippen LogP contribution in [0.4, 0.5) is 4.39 Å². The maximum Gasteiger partial charge on any atom is 0.227 e. The van der Waals surface area contributed by atoms with Gasteiger partial charge in [-0.1, -0.05) is 44.2 Å². The predicted octanol–water partition coefficient (Wildman–Crippen LogP) is 4.98. The highest BCUT2D eigenvalue weighted by atomic mass is 19.1. The van der Waals surface area contributed by atoms with Crippen LogP contribution in [0.1, 0.15) is 38.4 Å². The van der Waals surface area contributed by atoms with Crippen LogP contribution in [-0.2, 0) is 17.7 Å². The van der Waals surface area contributed by atoms with Gasteiger partial charge in [0.25, 0.3) is 0 Å². The van der Waals surface area contributed by atoms with Crippen LogP contribution < -0.4 is 4.74 Å². The third kappa shape index (κ3) is 6.63. The van der Waals surface area contributed by atoms with Crippen molar-refractivity contribution in [3.8, 4) is 17.3 Å². The lowest BCUT2D eigenvalue weighted by Crippen LogP contribution is -2.35. The molecule has 3 rings (SSSR count). The summed E-state index contributed by atoms with van der Waals surface area (Å²) in [7, 11) is 0. The number of aryl methyl sites for hydroxylation is 1. The van der Waals surface area contributed by atoms with Crippen LogP contribution in [0.5, 0.6) is 11.6 Å². The minimum atomic E-state index is -0.596. The smallest absolute Gasteiger partial charge is 0.227 e. The van der Waals surface area contributed by atoms with E-state index in [1.54, 1.807) is 22.9 Å². The van der Waals surface area contributed by atoms with E-state index in [9.17, 15) is 9.50 Å². The molecule has 0 saturated carbocycles. The van der Waals surface area contributed by atoms with E-state index in [4.69, 9.17) is 14.6 Å². The van der Waals surface area contributed by atoms with Crippen molar-refractivity contribution >= 4 is 0 Å². The Kier molecular flexibility index (Phi) is 9.42. The molecule has 0 aliphatic rings. The van der Waals surface area contributed by atoms with Crippen molar-refractivity contribution in [2.45, 2.75) is 46.3 Å². The molecular weight excluding hydrogens is 421 g/mol. The molecule has 2 aromatic carbocycles. The first-order valence-corrected chi connectivity index (χ1v) is 11.6. The monoisotopic (exact) mass is 455 g/mol. The molecule has 0 saturated heterocycles. The minimum Gasteiger partial charge on any atom is -0.435 e. The summed E-state index contributed by atoms with van der Waals surface area (Å²) < 4.78 is 27.8. The van der Waals surface area contributed by atoms with Crippen LogP contribution in [0.15, 0.2) is 54.6 Å². The minimum absolute atomic E-state index is 0.150. The third-order valence-corrected chi connectivity index (χ3v) is 5.30. The van der Waals surface area contributed by atoms with Crippen LogP contribution in [-0.4, -0.2) is 52.2 Å². The number of aliphatic hydroxyl groups excluding tert-OH is 1. The van der Waals surface area contributed by atoms with Gasteiger partial charge in [0.15, 0.2) is 11.6 Å². The van der Waals surface area contributed by atoms with Crippen molar-refractivity contribution in [1.82, 2.24) is 14.7 Å². The number of nitrogens with zero attached hydrogens (tertiary/aromatic N) is 3. The van der Waals surface area contributed by atoms with Gasteiger partial charge < -0.3 is 14.6 Å². The number of hydrogen-bond donors (Lipinski definition) is 1. The van der Waals surface area contributed by atoms with Gasteiger partial charge in [0.05, 0.1) is 29.7 Å². The molecule has 0 fully saturated rings. The average Bonchev–Trinajstić information content (AvgIpc) is 3.17. The van der Waals surface area contributed by atoms with Crippen LogP contribution >= 0.6 is 0 Å². The molecule has 178 valence electrons. The standard InChI is InChI=1S/C26H34FN3O3/c1-4-16-29(17-21(31)19-32-6-3)18-22-24(5-2)28-30(20-12-8-7-9-13-20)26(22)33-25-15-11-10-14-23(25)27/h7-15,21,31H,4-6,16-19H2,1-3H3/t21-/m0/s1. The van der Waals surface area contributed by atoms with Crippen molar-refractivity contribution in [1.29, 1.82) is 0 Å². The molecule has 1 aromatic heterocycles. The van der Waals surface area contributed by atoms with Crippen LogP contribution in [0.3, 0.4) is 0 Å². The number of aromatic nitrogens is 2. The van der Waals surface area contributed by atoms with Crippen molar-refractivity contribution < 1.29 is 19.0 Å². The SMILES string of the molecule is CCCN(Cc1c(CC)nn(-c2ccccc2)c1Oc1ccccc1F)C[C@H](O)COCC. The zero-order valence-electron chi connectivity index (χ0n) is 19.7. The number of hydrogen-bond acceptors (Lipinski definition) is 5. The molecule has 1 heterocycles. The Bertz CT molecular complexity index is 994. The van der Waals surface area contributed by atoms with E-state index in [2.05, 4.69) is 11.8 Å². The average molecular weight is 456 g/mol. The summed E-state index contributed by atoms with van der Waals surface area (Å²) in [5.41, 5.74) is 2.61. The zero-order chi connectivity index (χ0) is 23.6. The highest BCUT2D eigenvalue weighted by Crippen LogP contribution is 2.33. The summed E-state index contributed by atoms with van der Waals surface area (Å²) in [6.45, 7) is 8.70. The maximum atomic E-state index is 14.5. The van der Waals surface area contributed by atoms with Gasteiger partial charge in [0.2, 0.25) is 5.88 Å². The van der Waals surface area contributed by atoms with Crippen molar-refractivity contribution in [3.63, 3.8) is 0 Å². The third-order valence-electron chi connectivity index (χ3n) is 5.30. The maximum absolute atomic E-state index is 14.5. The van der Waals surface area contributed by atoms with Gasteiger partial charge in [-0.15, -0.1) is 0 Å². The van der Waals surface area contributed by atoms with Crippen molar-refractivity contribution in [2.75, 3.05) is 26.3 Å². The summed E-state index contributed by atoms with van der Waals surface area (Å²) in [5, 5.41) is 15.3. The Hall–Kier alpha value is -2.74.